The Morgan fingerprint density at radius 2 is 1.86 bits per heavy atom. The quantitative estimate of drug-likeness (QED) is 0.573. The molecule has 0 aromatic heterocycles. The maximum atomic E-state index is 11.1. The SMILES string of the molecule is CC(C)NC(=O)CNCC(O)C(C)C. The van der Waals surface area contributed by atoms with Gasteiger partial charge in [0.05, 0.1) is 12.6 Å². The number of aliphatic hydroxyl groups excluding tert-OH is 1. The summed E-state index contributed by atoms with van der Waals surface area (Å²) >= 11 is 0. The Balaban J connectivity index is 3.49. The maximum absolute atomic E-state index is 11.1. The van der Waals surface area contributed by atoms with Crippen LogP contribution in [0.1, 0.15) is 27.7 Å². The Hall–Kier alpha value is -0.610. The van der Waals surface area contributed by atoms with Crippen LogP contribution in [0, 0.1) is 5.92 Å². The molecular formula is C10H22N2O2. The third-order valence-corrected chi connectivity index (χ3v) is 1.86. The zero-order valence-electron chi connectivity index (χ0n) is 9.50. The highest BCUT2D eigenvalue weighted by Crippen LogP contribution is 1.98. The Morgan fingerprint density at radius 3 is 2.29 bits per heavy atom. The number of hydrogen-bond acceptors (Lipinski definition) is 3. The van der Waals surface area contributed by atoms with Crippen LogP contribution in [0.5, 0.6) is 0 Å². The number of amides is 1. The molecule has 0 rings (SSSR count). The summed E-state index contributed by atoms with van der Waals surface area (Å²) in [6.45, 7) is 8.45. The first-order valence-electron chi connectivity index (χ1n) is 5.11. The number of carbonyl (C=O) groups excluding carboxylic acids is 1. The lowest BCUT2D eigenvalue weighted by Gasteiger charge is -2.15. The summed E-state index contributed by atoms with van der Waals surface area (Å²) in [5.74, 6) is 0.187. The summed E-state index contributed by atoms with van der Waals surface area (Å²) in [6.07, 6.45) is -0.387. The van der Waals surface area contributed by atoms with Crippen LogP contribution >= 0.6 is 0 Å². The van der Waals surface area contributed by atoms with Gasteiger partial charge >= 0.3 is 0 Å². The lowest BCUT2D eigenvalue weighted by atomic mass is 10.1. The van der Waals surface area contributed by atoms with Crippen molar-refractivity contribution in [1.82, 2.24) is 10.6 Å². The molecule has 0 aliphatic rings. The third kappa shape index (κ3) is 6.86. The standard InChI is InChI=1S/C10H22N2O2/c1-7(2)9(13)5-11-6-10(14)12-8(3)4/h7-9,11,13H,5-6H2,1-4H3,(H,12,14). The van der Waals surface area contributed by atoms with Crippen LogP contribution in [-0.4, -0.2) is 36.2 Å². The van der Waals surface area contributed by atoms with Gasteiger partial charge in [-0.1, -0.05) is 13.8 Å². The van der Waals surface area contributed by atoms with Crippen molar-refractivity contribution in [2.75, 3.05) is 13.1 Å². The molecule has 84 valence electrons. The molecule has 0 fully saturated rings. The topological polar surface area (TPSA) is 61.4 Å². The van der Waals surface area contributed by atoms with Gasteiger partial charge in [-0.15, -0.1) is 0 Å². The van der Waals surface area contributed by atoms with E-state index in [4.69, 9.17) is 0 Å². The minimum Gasteiger partial charge on any atom is -0.392 e. The van der Waals surface area contributed by atoms with Gasteiger partial charge in [-0.25, -0.2) is 0 Å². The Bertz CT molecular complexity index is 170. The van der Waals surface area contributed by atoms with Crippen molar-refractivity contribution in [2.45, 2.75) is 39.8 Å². The van der Waals surface area contributed by atoms with E-state index in [1.165, 1.54) is 0 Å². The lowest BCUT2D eigenvalue weighted by molar-refractivity contribution is -0.120. The van der Waals surface area contributed by atoms with Crippen molar-refractivity contribution in [3.05, 3.63) is 0 Å². The molecule has 4 heteroatoms. The molecule has 0 bridgehead atoms. The van der Waals surface area contributed by atoms with Crippen LogP contribution in [0.3, 0.4) is 0 Å². The number of aliphatic hydroxyl groups is 1. The van der Waals surface area contributed by atoms with E-state index < -0.39 is 0 Å². The second-order valence-corrected chi connectivity index (χ2v) is 4.16. The number of carbonyl (C=O) groups is 1. The predicted molar refractivity (Wildman–Crippen MR) is 57.0 cm³/mol. The van der Waals surface area contributed by atoms with E-state index in [0.717, 1.165) is 0 Å². The summed E-state index contributed by atoms with van der Waals surface area (Å²) in [5, 5.41) is 15.1. The molecule has 4 nitrogen and oxygen atoms in total. The fourth-order valence-electron chi connectivity index (χ4n) is 0.942. The average molecular weight is 202 g/mol. The van der Waals surface area contributed by atoms with E-state index in [9.17, 15) is 9.90 Å². The summed E-state index contributed by atoms with van der Waals surface area (Å²) in [5.41, 5.74) is 0. The van der Waals surface area contributed by atoms with Gasteiger partial charge in [0.1, 0.15) is 0 Å². The van der Waals surface area contributed by atoms with Crippen molar-refractivity contribution >= 4 is 5.91 Å². The number of nitrogens with one attached hydrogen (secondary N) is 2. The molecule has 0 spiro atoms. The fourth-order valence-corrected chi connectivity index (χ4v) is 0.942. The molecule has 0 aromatic carbocycles. The van der Waals surface area contributed by atoms with Crippen molar-refractivity contribution in [3.8, 4) is 0 Å². The second-order valence-electron chi connectivity index (χ2n) is 4.16. The number of hydrogen-bond donors (Lipinski definition) is 3. The van der Waals surface area contributed by atoms with Gasteiger partial charge < -0.3 is 15.7 Å². The minimum absolute atomic E-state index is 0.0315. The molecule has 3 N–H and O–H groups in total. The predicted octanol–water partition coefficient (Wildman–Crippen LogP) is 0.118. The molecule has 0 aromatic rings. The molecule has 14 heavy (non-hydrogen) atoms. The zero-order chi connectivity index (χ0) is 11.1. The van der Waals surface area contributed by atoms with Crippen molar-refractivity contribution in [3.63, 3.8) is 0 Å². The van der Waals surface area contributed by atoms with E-state index in [0.29, 0.717) is 6.54 Å². The normalized spacial score (nSPS) is 13.4. The molecule has 0 saturated heterocycles. The summed E-state index contributed by atoms with van der Waals surface area (Å²) in [7, 11) is 0. The van der Waals surface area contributed by atoms with Crippen molar-refractivity contribution in [2.24, 2.45) is 5.92 Å². The third-order valence-electron chi connectivity index (χ3n) is 1.86. The second kappa shape index (κ2) is 6.79. The first-order chi connectivity index (χ1) is 6.43. The first-order valence-corrected chi connectivity index (χ1v) is 5.11. The van der Waals surface area contributed by atoms with Crippen LogP contribution < -0.4 is 10.6 Å². The van der Waals surface area contributed by atoms with E-state index >= 15 is 0 Å². The van der Waals surface area contributed by atoms with Crippen LogP contribution in [0.25, 0.3) is 0 Å². The molecule has 0 aliphatic heterocycles. The highest BCUT2D eigenvalue weighted by Gasteiger charge is 2.09. The smallest absolute Gasteiger partial charge is 0.234 e. The summed E-state index contributed by atoms with van der Waals surface area (Å²) < 4.78 is 0. The molecular weight excluding hydrogens is 180 g/mol. The van der Waals surface area contributed by atoms with Crippen LogP contribution in [0.15, 0.2) is 0 Å². The Labute approximate surface area is 86.1 Å². The molecule has 0 heterocycles. The van der Waals surface area contributed by atoms with Gasteiger partial charge in [-0.2, -0.15) is 0 Å². The van der Waals surface area contributed by atoms with Crippen LogP contribution in [-0.2, 0) is 4.79 Å². The van der Waals surface area contributed by atoms with E-state index in [1.54, 1.807) is 0 Å². The summed E-state index contributed by atoms with van der Waals surface area (Å²) in [6, 6.07) is 0.166. The first kappa shape index (κ1) is 13.4. The molecule has 1 unspecified atom stereocenters. The highest BCUT2D eigenvalue weighted by molar-refractivity contribution is 5.78. The maximum Gasteiger partial charge on any atom is 0.234 e. The Kier molecular flexibility index (Phi) is 6.49. The van der Waals surface area contributed by atoms with Gasteiger partial charge in [0.2, 0.25) is 5.91 Å². The fraction of sp³-hybridized carbons (Fsp3) is 0.900. The monoisotopic (exact) mass is 202 g/mol. The highest BCUT2D eigenvalue weighted by atomic mass is 16.3. The molecule has 0 radical (unpaired) electrons. The van der Waals surface area contributed by atoms with Gasteiger partial charge in [0.25, 0.3) is 0 Å². The largest absolute Gasteiger partial charge is 0.392 e. The van der Waals surface area contributed by atoms with E-state index in [-0.39, 0.29) is 30.5 Å². The van der Waals surface area contributed by atoms with E-state index in [2.05, 4.69) is 10.6 Å². The molecule has 0 saturated carbocycles. The van der Waals surface area contributed by atoms with Crippen LogP contribution in [0.4, 0.5) is 0 Å². The molecule has 1 atom stereocenters. The molecule has 1 amide bonds. The zero-order valence-corrected chi connectivity index (χ0v) is 9.50. The number of rotatable bonds is 6. The average Bonchev–Trinajstić information content (AvgIpc) is 2.02. The summed E-state index contributed by atoms with van der Waals surface area (Å²) in [4.78, 5) is 11.1. The Morgan fingerprint density at radius 1 is 1.29 bits per heavy atom. The van der Waals surface area contributed by atoms with Crippen LogP contribution in [0.2, 0.25) is 0 Å². The lowest BCUT2D eigenvalue weighted by Crippen LogP contribution is -2.40. The van der Waals surface area contributed by atoms with Gasteiger partial charge in [-0.05, 0) is 19.8 Å². The van der Waals surface area contributed by atoms with Gasteiger partial charge in [0.15, 0.2) is 0 Å². The van der Waals surface area contributed by atoms with Crippen molar-refractivity contribution < 1.29 is 9.90 Å². The molecule has 0 aliphatic carbocycles. The van der Waals surface area contributed by atoms with Gasteiger partial charge in [-0.3, -0.25) is 4.79 Å². The van der Waals surface area contributed by atoms with E-state index in [1.807, 2.05) is 27.7 Å². The van der Waals surface area contributed by atoms with Crippen molar-refractivity contribution in [1.29, 1.82) is 0 Å². The van der Waals surface area contributed by atoms with Gasteiger partial charge in [0, 0.05) is 12.6 Å². The minimum atomic E-state index is -0.387.